The fraction of sp³-hybridized carbons (Fsp3) is 0.0625. The van der Waals surface area contributed by atoms with Crippen LogP contribution in [0.25, 0.3) is 17.4 Å². The third-order valence-corrected chi connectivity index (χ3v) is 3.52. The number of amides is 4. The molecular formula is C16H11N3O7. The Labute approximate surface area is 145 Å². The lowest BCUT2D eigenvalue weighted by Gasteiger charge is -2.13. The van der Waals surface area contributed by atoms with Gasteiger partial charge in [-0.1, -0.05) is 0 Å². The number of rotatable bonds is 4. The number of methoxy groups -OCH3 is 1. The molecule has 0 saturated carbocycles. The molecule has 3 rings (SSSR count). The highest BCUT2D eigenvalue weighted by Gasteiger charge is 2.28. The van der Waals surface area contributed by atoms with Crippen molar-refractivity contribution in [2.24, 2.45) is 0 Å². The molecule has 1 aliphatic rings. The summed E-state index contributed by atoms with van der Waals surface area (Å²) in [6.45, 7) is 0. The second-order valence-electron chi connectivity index (χ2n) is 5.14. The average Bonchev–Trinajstić information content (AvgIpc) is 3.06. The van der Waals surface area contributed by atoms with Gasteiger partial charge in [0.05, 0.1) is 12.0 Å². The van der Waals surface area contributed by atoms with Crippen LogP contribution in [0.15, 0.2) is 40.3 Å². The highest BCUT2D eigenvalue weighted by atomic mass is 16.6. The molecule has 2 aromatic rings. The van der Waals surface area contributed by atoms with Crippen molar-refractivity contribution >= 4 is 29.6 Å². The summed E-state index contributed by atoms with van der Waals surface area (Å²) in [7, 11) is 1.32. The number of barbiturate groups is 1. The molecule has 0 atom stereocenters. The molecule has 1 aromatic heterocycles. The summed E-state index contributed by atoms with van der Waals surface area (Å²) < 4.78 is 10.5. The zero-order chi connectivity index (χ0) is 18.8. The van der Waals surface area contributed by atoms with Crippen LogP contribution in [0, 0.1) is 10.1 Å². The summed E-state index contributed by atoms with van der Waals surface area (Å²) in [4.78, 5) is 44.9. The first kappa shape index (κ1) is 16.9. The van der Waals surface area contributed by atoms with Gasteiger partial charge < -0.3 is 9.15 Å². The normalized spacial score (nSPS) is 13.9. The van der Waals surface area contributed by atoms with E-state index in [0.717, 1.165) is 0 Å². The summed E-state index contributed by atoms with van der Waals surface area (Å²) in [5.41, 5.74) is -0.119. The number of ether oxygens (including phenoxy) is 1. The summed E-state index contributed by atoms with van der Waals surface area (Å²) in [6, 6.07) is 6.40. The number of nitro groups is 1. The zero-order valence-electron chi connectivity index (χ0n) is 13.3. The third-order valence-electron chi connectivity index (χ3n) is 3.52. The van der Waals surface area contributed by atoms with E-state index in [2.05, 4.69) is 0 Å². The van der Waals surface area contributed by atoms with Gasteiger partial charge in [0.25, 0.3) is 11.8 Å². The zero-order valence-corrected chi connectivity index (χ0v) is 13.3. The fourth-order valence-corrected chi connectivity index (χ4v) is 2.32. The Morgan fingerprint density at radius 1 is 1.12 bits per heavy atom. The molecule has 132 valence electrons. The maximum Gasteiger partial charge on any atom is 0.328 e. The molecule has 26 heavy (non-hydrogen) atoms. The van der Waals surface area contributed by atoms with Gasteiger partial charge in [-0.05, 0) is 30.3 Å². The van der Waals surface area contributed by atoms with E-state index in [1.54, 1.807) is 6.07 Å². The number of benzene rings is 1. The number of carbonyl (C=O) groups is 3. The van der Waals surface area contributed by atoms with Crippen LogP contribution < -0.4 is 15.4 Å². The minimum absolute atomic E-state index is 0.105. The first-order chi connectivity index (χ1) is 12.4. The topological polar surface area (TPSA) is 141 Å². The number of furan rings is 1. The molecule has 4 amide bonds. The molecule has 0 unspecified atom stereocenters. The van der Waals surface area contributed by atoms with E-state index in [1.165, 1.54) is 37.5 Å². The maximum absolute atomic E-state index is 11.7. The van der Waals surface area contributed by atoms with Gasteiger partial charge in [-0.3, -0.25) is 30.3 Å². The van der Waals surface area contributed by atoms with Crippen LogP contribution in [-0.4, -0.2) is 29.9 Å². The number of imide groups is 2. The van der Waals surface area contributed by atoms with Gasteiger partial charge in [0.15, 0.2) is 5.75 Å². The van der Waals surface area contributed by atoms with Crippen LogP contribution >= 0.6 is 0 Å². The maximum atomic E-state index is 11.7. The first-order valence-corrected chi connectivity index (χ1v) is 7.20. The standard InChI is InChI=1S/C16H11N3O7/c1-25-13-4-2-8(6-11(13)19(23)24)12-5-3-9(26-12)7-10-14(20)17-16(22)18-15(10)21/h2-7H,1H3,(H2,17,18,20,21,22). The minimum atomic E-state index is -0.900. The van der Waals surface area contributed by atoms with E-state index < -0.39 is 22.8 Å². The Hall–Kier alpha value is -3.95. The van der Waals surface area contributed by atoms with E-state index in [4.69, 9.17) is 9.15 Å². The van der Waals surface area contributed by atoms with Gasteiger partial charge in [-0.2, -0.15) is 0 Å². The van der Waals surface area contributed by atoms with Crippen molar-refractivity contribution < 1.29 is 28.5 Å². The minimum Gasteiger partial charge on any atom is -0.490 e. The fourth-order valence-electron chi connectivity index (χ4n) is 2.32. The van der Waals surface area contributed by atoms with E-state index >= 15 is 0 Å². The molecule has 10 heteroatoms. The third kappa shape index (κ3) is 3.15. The first-order valence-electron chi connectivity index (χ1n) is 7.20. The predicted molar refractivity (Wildman–Crippen MR) is 87.0 cm³/mol. The number of nitrogens with zero attached hydrogens (tertiary/aromatic N) is 1. The average molecular weight is 357 g/mol. The molecule has 0 spiro atoms. The predicted octanol–water partition coefficient (Wildman–Crippen LogP) is 1.61. The highest BCUT2D eigenvalue weighted by Crippen LogP contribution is 2.33. The van der Waals surface area contributed by atoms with Gasteiger partial charge >= 0.3 is 11.7 Å². The summed E-state index contributed by atoms with van der Waals surface area (Å²) >= 11 is 0. The van der Waals surface area contributed by atoms with Gasteiger partial charge in [0.1, 0.15) is 17.1 Å². The van der Waals surface area contributed by atoms with E-state index in [9.17, 15) is 24.5 Å². The van der Waals surface area contributed by atoms with Crippen molar-refractivity contribution in [3.05, 3.63) is 51.8 Å². The van der Waals surface area contributed by atoms with Crippen molar-refractivity contribution in [2.75, 3.05) is 7.11 Å². The molecule has 0 radical (unpaired) electrons. The Morgan fingerprint density at radius 2 is 1.81 bits per heavy atom. The second-order valence-corrected chi connectivity index (χ2v) is 5.14. The lowest BCUT2D eigenvalue weighted by atomic mass is 10.1. The molecule has 1 fully saturated rings. The Balaban J connectivity index is 1.93. The molecule has 1 aromatic carbocycles. The molecule has 1 saturated heterocycles. The second kappa shape index (κ2) is 6.51. The Bertz CT molecular complexity index is 952. The monoisotopic (exact) mass is 357 g/mol. The molecule has 2 N–H and O–H groups in total. The SMILES string of the molecule is COc1ccc(-c2ccc(C=C3C(=O)NC(=O)NC3=O)o2)cc1[N+](=O)[O-]. The van der Waals surface area contributed by atoms with Crippen molar-refractivity contribution in [2.45, 2.75) is 0 Å². The molecule has 0 aliphatic carbocycles. The Kier molecular flexibility index (Phi) is 4.23. The van der Waals surface area contributed by atoms with Crippen LogP contribution in [0.1, 0.15) is 5.76 Å². The summed E-state index contributed by atoms with van der Waals surface area (Å²) in [6.07, 6.45) is 1.17. The Morgan fingerprint density at radius 3 is 2.42 bits per heavy atom. The van der Waals surface area contributed by atoms with Crippen molar-refractivity contribution in [3.63, 3.8) is 0 Å². The highest BCUT2D eigenvalue weighted by molar-refractivity contribution is 6.31. The van der Waals surface area contributed by atoms with Gasteiger partial charge in [0.2, 0.25) is 0 Å². The van der Waals surface area contributed by atoms with Gasteiger partial charge in [-0.25, -0.2) is 4.79 Å². The van der Waals surface area contributed by atoms with Gasteiger partial charge in [-0.15, -0.1) is 0 Å². The number of nitrogens with one attached hydrogen (secondary N) is 2. The lowest BCUT2D eigenvalue weighted by Crippen LogP contribution is -2.51. The summed E-state index contributed by atoms with van der Waals surface area (Å²) in [5.74, 6) is -1.15. The quantitative estimate of drug-likeness (QED) is 0.366. The van der Waals surface area contributed by atoms with Crippen LogP contribution in [0.5, 0.6) is 5.75 Å². The van der Waals surface area contributed by atoms with Crippen LogP contribution in [-0.2, 0) is 9.59 Å². The molecule has 2 heterocycles. The molecule has 0 bridgehead atoms. The van der Waals surface area contributed by atoms with Crippen LogP contribution in [0.2, 0.25) is 0 Å². The molecule has 1 aliphatic heterocycles. The number of nitro benzene ring substituents is 1. The number of hydrogen-bond donors (Lipinski definition) is 2. The van der Waals surface area contributed by atoms with Crippen molar-refractivity contribution in [1.29, 1.82) is 0 Å². The van der Waals surface area contributed by atoms with E-state index in [1.807, 2.05) is 10.6 Å². The lowest BCUT2D eigenvalue weighted by molar-refractivity contribution is -0.385. The van der Waals surface area contributed by atoms with Crippen molar-refractivity contribution in [1.82, 2.24) is 10.6 Å². The summed E-state index contributed by atoms with van der Waals surface area (Å²) in [5, 5.41) is 15.0. The largest absolute Gasteiger partial charge is 0.490 e. The van der Waals surface area contributed by atoms with Crippen LogP contribution in [0.3, 0.4) is 0 Å². The number of urea groups is 1. The molecular weight excluding hydrogens is 346 g/mol. The molecule has 10 nitrogen and oxygen atoms in total. The van der Waals surface area contributed by atoms with Crippen LogP contribution in [0.4, 0.5) is 10.5 Å². The smallest absolute Gasteiger partial charge is 0.328 e. The van der Waals surface area contributed by atoms with E-state index in [-0.39, 0.29) is 28.5 Å². The number of hydrogen-bond acceptors (Lipinski definition) is 7. The van der Waals surface area contributed by atoms with Gasteiger partial charge in [0, 0.05) is 11.6 Å². The number of carbonyl (C=O) groups excluding carboxylic acids is 3. The van der Waals surface area contributed by atoms with E-state index in [0.29, 0.717) is 5.56 Å². The van der Waals surface area contributed by atoms with Crippen molar-refractivity contribution in [3.8, 4) is 17.1 Å².